The first-order valence-electron chi connectivity index (χ1n) is 6.55. The highest BCUT2D eigenvalue weighted by atomic mass is 32.1. The molecule has 0 unspecified atom stereocenters. The number of carbonyl (C=O) groups is 1. The second kappa shape index (κ2) is 8.27. The van der Waals surface area contributed by atoms with Gasteiger partial charge in [-0.05, 0) is 31.7 Å². The zero-order chi connectivity index (χ0) is 13.4. The molecular weight excluding hydrogens is 246 g/mol. The smallest absolute Gasteiger partial charge is 0.320 e. The maximum Gasteiger partial charge on any atom is 0.320 e. The lowest BCUT2D eigenvalue weighted by molar-refractivity contribution is -0.145. The molecule has 1 aromatic rings. The van der Waals surface area contributed by atoms with Gasteiger partial charge in [0.15, 0.2) is 0 Å². The highest BCUT2D eigenvalue weighted by Gasteiger charge is 2.15. The van der Waals surface area contributed by atoms with Gasteiger partial charge >= 0.3 is 5.97 Å². The molecule has 0 saturated carbocycles. The van der Waals surface area contributed by atoms with Gasteiger partial charge in [0.05, 0.1) is 13.2 Å². The van der Waals surface area contributed by atoms with Crippen LogP contribution < -0.4 is 0 Å². The summed E-state index contributed by atoms with van der Waals surface area (Å²) in [5.74, 6) is -0.117. The van der Waals surface area contributed by atoms with E-state index >= 15 is 0 Å². The molecule has 1 heterocycles. The number of rotatable bonds is 8. The van der Waals surface area contributed by atoms with Crippen LogP contribution in [0.25, 0.3) is 0 Å². The minimum atomic E-state index is -0.117. The first kappa shape index (κ1) is 15.2. The normalized spacial score (nSPS) is 11.2. The van der Waals surface area contributed by atoms with Crippen molar-refractivity contribution in [2.75, 3.05) is 13.2 Å². The van der Waals surface area contributed by atoms with Gasteiger partial charge in [0.25, 0.3) is 0 Å². The third kappa shape index (κ3) is 5.65. The summed E-state index contributed by atoms with van der Waals surface area (Å²) in [4.78, 5) is 15.1. The predicted octanol–water partition coefficient (Wildman–Crippen LogP) is 3.30. The van der Waals surface area contributed by atoms with E-state index < -0.39 is 0 Å². The zero-order valence-electron chi connectivity index (χ0n) is 11.5. The van der Waals surface area contributed by atoms with Gasteiger partial charge in [-0.2, -0.15) is 0 Å². The van der Waals surface area contributed by atoms with Crippen molar-refractivity contribution in [2.24, 2.45) is 0 Å². The van der Waals surface area contributed by atoms with Gasteiger partial charge in [-0.1, -0.05) is 19.4 Å². The fourth-order valence-electron chi connectivity index (χ4n) is 1.57. The van der Waals surface area contributed by atoms with Crippen LogP contribution in [0.4, 0.5) is 0 Å². The maximum absolute atomic E-state index is 11.7. The summed E-state index contributed by atoms with van der Waals surface area (Å²) in [6, 6.07) is 4.48. The summed E-state index contributed by atoms with van der Waals surface area (Å²) in [6.07, 6.45) is 1.99. The van der Waals surface area contributed by atoms with Crippen LogP contribution in [0.1, 0.15) is 38.5 Å². The quantitative estimate of drug-likeness (QED) is 0.535. The molecule has 0 bridgehead atoms. The molecule has 1 aromatic heterocycles. The van der Waals surface area contributed by atoms with E-state index in [1.807, 2.05) is 6.07 Å². The number of hydrogen-bond acceptors (Lipinski definition) is 4. The Bertz CT molecular complexity index is 336. The SMILES string of the molecule is CCCCOC(=O)CN(Cc1cccs1)C(C)C. The summed E-state index contributed by atoms with van der Waals surface area (Å²) in [7, 11) is 0. The van der Waals surface area contributed by atoms with Gasteiger partial charge in [-0.3, -0.25) is 9.69 Å². The van der Waals surface area contributed by atoms with Crippen LogP contribution in [0.3, 0.4) is 0 Å². The Labute approximate surface area is 114 Å². The summed E-state index contributed by atoms with van der Waals surface area (Å²) in [5, 5.41) is 2.06. The average molecular weight is 269 g/mol. The summed E-state index contributed by atoms with van der Waals surface area (Å²) in [6.45, 7) is 8.03. The van der Waals surface area contributed by atoms with Gasteiger partial charge in [0, 0.05) is 17.5 Å². The molecule has 0 N–H and O–H groups in total. The summed E-state index contributed by atoms with van der Waals surface area (Å²) < 4.78 is 5.21. The third-order valence-electron chi connectivity index (χ3n) is 2.76. The topological polar surface area (TPSA) is 29.5 Å². The van der Waals surface area contributed by atoms with E-state index in [9.17, 15) is 4.79 Å². The molecule has 0 aliphatic rings. The lowest BCUT2D eigenvalue weighted by Gasteiger charge is -2.24. The Balaban J connectivity index is 2.40. The summed E-state index contributed by atoms with van der Waals surface area (Å²) >= 11 is 1.72. The van der Waals surface area contributed by atoms with Crippen LogP contribution in [0.15, 0.2) is 17.5 Å². The molecule has 102 valence electrons. The average Bonchev–Trinajstić information content (AvgIpc) is 2.81. The fourth-order valence-corrected chi connectivity index (χ4v) is 2.29. The molecule has 0 aliphatic heterocycles. The molecule has 18 heavy (non-hydrogen) atoms. The Hall–Kier alpha value is -0.870. The predicted molar refractivity (Wildman–Crippen MR) is 75.7 cm³/mol. The largest absolute Gasteiger partial charge is 0.465 e. The van der Waals surface area contributed by atoms with Crippen molar-refractivity contribution in [2.45, 2.75) is 46.2 Å². The molecule has 4 heteroatoms. The highest BCUT2D eigenvalue weighted by Crippen LogP contribution is 2.13. The van der Waals surface area contributed by atoms with Gasteiger partial charge < -0.3 is 4.74 Å². The van der Waals surface area contributed by atoms with Crippen molar-refractivity contribution in [3.05, 3.63) is 22.4 Å². The molecule has 0 radical (unpaired) electrons. The second-order valence-electron chi connectivity index (χ2n) is 4.65. The van der Waals surface area contributed by atoms with Crippen molar-refractivity contribution >= 4 is 17.3 Å². The van der Waals surface area contributed by atoms with Crippen molar-refractivity contribution in [3.63, 3.8) is 0 Å². The van der Waals surface area contributed by atoms with E-state index in [1.165, 1.54) is 4.88 Å². The van der Waals surface area contributed by atoms with Gasteiger partial charge in [-0.25, -0.2) is 0 Å². The number of thiophene rings is 1. The van der Waals surface area contributed by atoms with Gasteiger partial charge in [-0.15, -0.1) is 11.3 Å². The molecule has 0 fully saturated rings. The first-order chi connectivity index (χ1) is 8.63. The van der Waals surface area contributed by atoms with Crippen molar-refractivity contribution in [1.29, 1.82) is 0 Å². The molecule has 0 aliphatic carbocycles. The number of hydrogen-bond donors (Lipinski definition) is 0. The van der Waals surface area contributed by atoms with Crippen LogP contribution in [0, 0.1) is 0 Å². The lowest BCUT2D eigenvalue weighted by atomic mass is 10.3. The van der Waals surface area contributed by atoms with E-state index in [0.29, 0.717) is 19.2 Å². The molecular formula is C14H23NO2S. The number of esters is 1. The van der Waals surface area contributed by atoms with Gasteiger partial charge in [0.2, 0.25) is 0 Å². The van der Waals surface area contributed by atoms with E-state index in [4.69, 9.17) is 4.74 Å². The van der Waals surface area contributed by atoms with Crippen molar-refractivity contribution in [1.82, 2.24) is 4.90 Å². The van der Waals surface area contributed by atoms with Crippen LogP contribution in [-0.4, -0.2) is 30.1 Å². The molecule has 0 atom stereocenters. The van der Waals surface area contributed by atoms with Crippen molar-refractivity contribution < 1.29 is 9.53 Å². The Morgan fingerprint density at radius 3 is 2.83 bits per heavy atom. The number of ether oxygens (including phenoxy) is 1. The molecule has 0 aromatic carbocycles. The molecule has 0 spiro atoms. The standard InChI is InChI=1S/C14H23NO2S/c1-4-5-8-17-14(16)11-15(12(2)3)10-13-7-6-9-18-13/h6-7,9,12H,4-5,8,10-11H2,1-3H3. The maximum atomic E-state index is 11.7. The molecule has 0 amide bonds. The van der Waals surface area contributed by atoms with Gasteiger partial charge in [0.1, 0.15) is 0 Å². The Kier molecular flexibility index (Phi) is 6.98. The minimum absolute atomic E-state index is 0.117. The lowest BCUT2D eigenvalue weighted by Crippen LogP contribution is -2.35. The Morgan fingerprint density at radius 1 is 1.50 bits per heavy atom. The fraction of sp³-hybridized carbons (Fsp3) is 0.643. The first-order valence-corrected chi connectivity index (χ1v) is 7.43. The van der Waals surface area contributed by atoms with E-state index in [1.54, 1.807) is 11.3 Å². The minimum Gasteiger partial charge on any atom is -0.465 e. The van der Waals surface area contributed by atoms with Crippen LogP contribution in [-0.2, 0) is 16.1 Å². The van der Waals surface area contributed by atoms with Crippen LogP contribution in [0.5, 0.6) is 0 Å². The van der Waals surface area contributed by atoms with E-state index in [-0.39, 0.29) is 5.97 Å². The van der Waals surface area contributed by atoms with Crippen LogP contribution >= 0.6 is 11.3 Å². The number of unbranched alkanes of at least 4 members (excludes halogenated alkanes) is 1. The highest BCUT2D eigenvalue weighted by molar-refractivity contribution is 7.09. The van der Waals surface area contributed by atoms with Crippen LogP contribution in [0.2, 0.25) is 0 Å². The molecule has 1 rings (SSSR count). The number of nitrogens with zero attached hydrogens (tertiary/aromatic N) is 1. The second-order valence-corrected chi connectivity index (χ2v) is 5.68. The number of carbonyl (C=O) groups excluding carboxylic acids is 1. The summed E-state index contributed by atoms with van der Waals surface area (Å²) in [5.41, 5.74) is 0. The molecule has 0 saturated heterocycles. The van der Waals surface area contributed by atoms with Crippen molar-refractivity contribution in [3.8, 4) is 0 Å². The van der Waals surface area contributed by atoms with E-state index in [2.05, 4.69) is 37.1 Å². The Morgan fingerprint density at radius 2 is 2.28 bits per heavy atom. The zero-order valence-corrected chi connectivity index (χ0v) is 12.3. The van der Waals surface area contributed by atoms with E-state index in [0.717, 1.165) is 19.4 Å². The third-order valence-corrected chi connectivity index (χ3v) is 3.62. The molecule has 3 nitrogen and oxygen atoms in total. The monoisotopic (exact) mass is 269 g/mol.